The number of carbonyl (C=O) groups excluding carboxylic acids is 1. The van der Waals surface area contributed by atoms with E-state index in [1.54, 1.807) is 31.2 Å². The number of hydrogen-bond acceptors (Lipinski definition) is 7. The number of nitriles is 1. The van der Waals surface area contributed by atoms with E-state index in [0.717, 1.165) is 0 Å². The van der Waals surface area contributed by atoms with Crippen LogP contribution >= 0.6 is 0 Å². The van der Waals surface area contributed by atoms with Gasteiger partial charge in [0.25, 0.3) is 0 Å². The van der Waals surface area contributed by atoms with Crippen LogP contribution in [0.2, 0.25) is 0 Å². The van der Waals surface area contributed by atoms with Gasteiger partial charge in [0.2, 0.25) is 5.82 Å². The van der Waals surface area contributed by atoms with Gasteiger partial charge in [0.05, 0.1) is 6.61 Å². The standard InChI is InChI=1S/C13H13N7O2/c1-2-22-13(21)16-11-5-3-4-10(6-11)15-8-9(7-14)12-17-19-20-18-12/h3-6,8,15H,2H2,1H3,(H,16,21)(H,17,18,19,20). The molecule has 112 valence electrons. The van der Waals surface area contributed by atoms with Crippen molar-refractivity contribution in [2.45, 2.75) is 6.92 Å². The number of rotatable bonds is 5. The Morgan fingerprint density at radius 2 is 2.32 bits per heavy atom. The molecule has 0 aliphatic rings. The molecule has 0 spiro atoms. The fourth-order valence-electron chi connectivity index (χ4n) is 1.55. The topological polar surface area (TPSA) is 129 Å². The summed E-state index contributed by atoms with van der Waals surface area (Å²) in [5, 5.41) is 27.7. The smallest absolute Gasteiger partial charge is 0.411 e. The number of amides is 1. The van der Waals surface area contributed by atoms with Gasteiger partial charge in [-0.1, -0.05) is 6.07 Å². The molecule has 1 aromatic carbocycles. The maximum atomic E-state index is 11.4. The first-order chi connectivity index (χ1) is 10.7. The summed E-state index contributed by atoms with van der Waals surface area (Å²) in [6.45, 7) is 2.02. The number of tetrazole rings is 1. The third-order valence-corrected chi connectivity index (χ3v) is 2.47. The Morgan fingerprint density at radius 3 is 3.00 bits per heavy atom. The molecular formula is C13H13N7O2. The summed E-state index contributed by atoms with van der Waals surface area (Å²) in [6.07, 6.45) is 0.925. The van der Waals surface area contributed by atoms with E-state index in [-0.39, 0.29) is 11.4 Å². The highest BCUT2D eigenvalue weighted by molar-refractivity contribution is 5.85. The van der Waals surface area contributed by atoms with Crippen LogP contribution in [0.25, 0.3) is 5.57 Å². The third-order valence-electron chi connectivity index (χ3n) is 2.47. The molecule has 1 heterocycles. The zero-order valence-electron chi connectivity index (χ0n) is 11.7. The lowest BCUT2D eigenvalue weighted by atomic mass is 10.2. The molecular weight excluding hydrogens is 286 g/mol. The molecule has 0 aliphatic carbocycles. The second kappa shape index (κ2) is 7.39. The van der Waals surface area contributed by atoms with Crippen LogP contribution in [0.1, 0.15) is 12.7 Å². The van der Waals surface area contributed by atoms with E-state index in [9.17, 15) is 4.79 Å². The van der Waals surface area contributed by atoms with Crippen molar-refractivity contribution in [3.8, 4) is 6.07 Å². The fraction of sp³-hybridized carbons (Fsp3) is 0.154. The van der Waals surface area contributed by atoms with Gasteiger partial charge < -0.3 is 10.1 Å². The van der Waals surface area contributed by atoms with E-state index in [4.69, 9.17) is 10.00 Å². The number of H-pyrrole nitrogens is 1. The molecule has 0 aliphatic heterocycles. The largest absolute Gasteiger partial charge is 0.450 e. The van der Waals surface area contributed by atoms with Crippen LogP contribution in [0.15, 0.2) is 30.5 Å². The molecule has 22 heavy (non-hydrogen) atoms. The monoisotopic (exact) mass is 299 g/mol. The molecule has 0 saturated heterocycles. The Labute approximate surface area is 126 Å². The predicted molar refractivity (Wildman–Crippen MR) is 78.5 cm³/mol. The van der Waals surface area contributed by atoms with Gasteiger partial charge in [-0.15, -0.1) is 10.2 Å². The van der Waals surface area contributed by atoms with Crippen LogP contribution in [0.4, 0.5) is 16.2 Å². The Bertz CT molecular complexity index is 703. The number of benzene rings is 1. The Kier molecular flexibility index (Phi) is 5.04. The van der Waals surface area contributed by atoms with Crippen molar-refractivity contribution in [1.82, 2.24) is 20.6 Å². The molecule has 3 N–H and O–H groups in total. The highest BCUT2D eigenvalue weighted by atomic mass is 16.5. The molecule has 2 rings (SSSR count). The number of carbonyl (C=O) groups is 1. The molecule has 0 radical (unpaired) electrons. The van der Waals surface area contributed by atoms with Crippen LogP contribution in [0, 0.1) is 11.3 Å². The van der Waals surface area contributed by atoms with E-state index < -0.39 is 6.09 Å². The minimum absolute atomic E-state index is 0.191. The zero-order chi connectivity index (χ0) is 15.8. The number of ether oxygens (including phenoxy) is 1. The number of allylic oxidation sites excluding steroid dienone is 1. The first-order valence-corrected chi connectivity index (χ1v) is 6.37. The zero-order valence-corrected chi connectivity index (χ0v) is 11.7. The maximum absolute atomic E-state index is 11.4. The molecule has 1 aromatic heterocycles. The molecule has 9 nitrogen and oxygen atoms in total. The highest BCUT2D eigenvalue weighted by Gasteiger charge is 2.06. The minimum Gasteiger partial charge on any atom is -0.450 e. The van der Waals surface area contributed by atoms with Crippen molar-refractivity contribution >= 4 is 23.0 Å². The van der Waals surface area contributed by atoms with Crippen LogP contribution < -0.4 is 10.6 Å². The van der Waals surface area contributed by atoms with Crippen molar-refractivity contribution in [2.24, 2.45) is 0 Å². The predicted octanol–water partition coefficient (Wildman–Crippen LogP) is 1.74. The second-order valence-corrected chi connectivity index (χ2v) is 3.98. The summed E-state index contributed by atoms with van der Waals surface area (Å²) in [7, 11) is 0. The number of aromatic amines is 1. The van der Waals surface area contributed by atoms with Crippen molar-refractivity contribution < 1.29 is 9.53 Å². The minimum atomic E-state index is -0.528. The fourth-order valence-corrected chi connectivity index (χ4v) is 1.55. The van der Waals surface area contributed by atoms with Crippen molar-refractivity contribution in [1.29, 1.82) is 5.26 Å². The van der Waals surface area contributed by atoms with Crippen LogP contribution in [-0.2, 0) is 4.74 Å². The Morgan fingerprint density at radius 1 is 1.50 bits per heavy atom. The van der Waals surface area contributed by atoms with Gasteiger partial charge in [-0.2, -0.15) is 10.5 Å². The molecule has 2 aromatic rings. The molecule has 0 saturated carbocycles. The third kappa shape index (κ3) is 4.04. The first kappa shape index (κ1) is 15.0. The average molecular weight is 299 g/mol. The number of nitrogens with zero attached hydrogens (tertiary/aromatic N) is 4. The van der Waals surface area contributed by atoms with Gasteiger partial charge in [-0.3, -0.25) is 5.32 Å². The Hall–Kier alpha value is -3.41. The summed E-state index contributed by atoms with van der Waals surface area (Å²) in [6, 6.07) is 8.90. The molecule has 0 unspecified atom stereocenters. The van der Waals surface area contributed by atoms with Crippen LogP contribution in [0.5, 0.6) is 0 Å². The molecule has 0 atom stereocenters. The van der Waals surface area contributed by atoms with Crippen molar-refractivity contribution in [3.63, 3.8) is 0 Å². The SMILES string of the molecule is CCOC(=O)Nc1cccc(NC=C(C#N)c2nn[nH]n2)c1. The van der Waals surface area contributed by atoms with E-state index in [1.807, 2.05) is 6.07 Å². The quantitative estimate of drug-likeness (QED) is 0.717. The lowest BCUT2D eigenvalue weighted by molar-refractivity contribution is 0.168. The molecule has 0 fully saturated rings. The number of nitrogens with one attached hydrogen (secondary N) is 3. The summed E-state index contributed by atoms with van der Waals surface area (Å²) in [4.78, 5) is 11.4. The lowest BCUT2D eigenvalue weighted by Gasteiger charge is -2.07. The average Bonchev–Trinajstić information content (AvgIpc) is 3.03. The Balaban J connectivity index is 2.07. The van der Waals surface area contributed by atoms with Gasteiger partial charge in [0, 0.05) is 17.6 Å². The van der Waals surface area contributed by atoms with Crippen molar-refractivity contribution in [3.05, 3.63) is 36.3 Å². The van der Waals surface area contributed by atoms with E-state index in [2.05, 4.69) is 31.3 Å². The molecule has 0 bridgehead atoms. The first-order valence-electron chi connectivity index (χ1n) is 6.37. The van der Waals surface area contributed by atoms with Gasteiger partial charge in [-0.25, -0.2) is 4.79 Å². The van der Waals surface area contributed by atoms with E-state index in [0.29, 0.717) is 18.0 Å². The van der Waals surface area contributed by atoms with Crippen molar-refractivity contribution in [2.75, 3.05) is 17.2 Å². The summed E-state index contributed by atoms with van der Waals surface area (Å²) >= 11 is 0. The van der Waals surface area contributed by atoms with Gasteiger partial charge in [0.15, 0.2) is 0 Å². The van der Waals surface area contributed by atoms with Gasteiger partial charge >= 0.3 is 6.09 Å². The number of anilines is 2. The number of hydrogen-bond donors (Lipinski definition) is 3. The maximum Gasteiger partial charge on any atom is 0.411 e. The summed E-state index contributed by atoms with van der Waals surface area (Å²) in [5.41, 5.74) is 1.46. The molecule has 1 amide bonds. The lowest BCUT2D eigenvalue weighted by Crippen LogP contribution is -2.13. The highest BCUT2D eigenvalue weighted by Crippen LogP contribution is 2.16. The van der Waals surface area contributed by atoms with E-state index >= 15 is 0 Å². The second-order valence-electron chi connectivity index (χ2n) is 3.98. The summed E-state index contributed by atoms with van der Waals surface area (Å²) < 4.78 is 4.80. The van der Waals surface area contributed by atoms with E-state index in [1.165, 1.54) is 6.20 Å². The summed E-state index contributed by atoms with van der Waals surface area (Å²) in [5.74, 6) is 0.191. The van der Waals surface area contributed by atoms with Gasteiger partial charge in [0.1, 0.15) is 11.6 Å². The molecule has 9 heteroatoms. The van der Waals surface area contributed by atoms with Crippen LogP contribution in [0.3, 0.4) is 0 Å². The van der Waals surface area contributed by atoms with Crippen LogP contribution in [-0.4, -0.2) is 33.3 Å². The number of aromatic nitrogens is 4. The van der Waals surface area contributed by atoms with Gasteiger partial charge in [-0.05, 0) is 30.3 Å². The normalized spacial score (nSPS) is 10.6.